The standard InChI is InChI=1S/C31H26N4O5/c1-16(2)26-24-25(29(39)34(28(24)38)18-12-14-19(15-13-18)40-17(3)36)31(33-26)21-9-5-7-11-23(21)35-27(37)20-8-4-6-10-22(20)32-30(31)35/h4-16,24-26,33H,1-3H3/t24-,25-,26+,31+/m1/s1. The van der Waals surface area contributed by atoms with Crippen molar-refractivity contribution in [1.29, 1.82) is 0 Å². The van der Waals surface area contributed by atoms with E-state index in [4.69, 9.17) is 9.72 Å². The van der Waals surface area contributed by atoms with E-state index in [1.807, 2.05) is 44.2 Å². The van der Waals surface area contributed by atoms with Crippen LogP contribution >= 0.6 is 0 Å². The Balaban J connectivity index is 1.45. The molecule has 4 heterocycles. The van der Waals surface area contributed by atoms with E-state index in [1.54, 1.807) is 47.0 Å². The number of fused-ring (bicyclic) bond motifs is 8. The number of carbonyl (C=O) groups is 3. The van der Waals surface area contributed by atoms with Crippen molar-refractivity contribution in [3.63, 3.8) is 0 Å². The van der Waals surface area contributed by atoms with Gasteiger partial charge in [0.05, 0.1) is 34.1 Å². The highest BCUT2D eigenvalue weighted by molar-refractivity contribution is 6.23. The number of hydrogen-bond donors (Lipinski definition) is 1. The number of anilines is 1. The van der Waals surface area contributed by atoms with Crippen LogP contribution in [0.1, 0.15) is 32.2 Å². The van der Waals surface area contributed by atoms with E-state index < -0.39 is 23.3 Å². The summed E-state index contributed by atoms with van der Waals surface area (Å²) >= 11 is 0. The van der Waals surface area contributed by atoms with Gasteiger partial charge in [0.25, 0.3) is 5.56 Å². The Kier molecular flexibility index (Phi) is 5.15. The fourth-order valence-corrected chi connectivity index (χ4v) is 6.81. The largest absolute Gasteiger partial charge is 0.427 e. The number of rotatable bonds is 3. The summed E-state index contributed by atoms with van der Waals surface area (Å²) in [4.78, 5) is 60.0. The third-order valence-electron chi connectivity index (χ3n) is 8.37. The molecule has 2 amide bonds. The Bertz CT molecular complexity index is 1810. The number of nitrogens with one attached hydrogen (secondary N) is 1. The van der Waals surface area contributed by atoms with E-state index in [0.717, 1.165) is 5.56 Å². The summed E-state index contributed by atoms with van der Waals surface area (Å²) in [7, 11) is 0. The molecule has 1 spiro atoms. The first-order valence-corrected chi connectivity index (χ1v) is 13.3. The summed E-state index contributed by atoms with van der Waals surface area (Å²) in [6.45, 7) is 5.34. The summed E-state index contributed by atoms with van der Waals surface area (Å²) in [5.74, 6) is -1.90. The highest BCUT2D eigenvalue weighted by Gasteiger charge is 2.70. The first kappa shape index (κ1) is 24.4. The van der Waals surface area contributed by atoms with Crippen molar-refractivity contribution in [3.05, 3.63) is 94.5 Å². The minimum Gasteiger partial charge on any atom is -0.427 e. The fraction of sp³-hybridized carbons (Fsp3) is 0.258. The topological polar surface area (TPSA) is 111 Å². The molecule has 4 aromatic rings. The number of imide groups is 1. The first-order chi connectivity index (χ1) is 19.2. The molecule has 2 saturated heterocycles. The van der Waals surface area contributed by atoms with Crippen LogP contribution < -0.4 is 20.5 Å². The van der Waals surface area contributed by atoms with Gasteiger partial charge in [-0.05, 0) is 48.4 Å². The lowest BCUT2D eigenvalue weighted by atomic mass is 9.75. The summed E-state index contributed by atoms with van der Waals surface area (Å²) in [5, 5.41) is 4.17. The van der Waals surface area contributed by atoms with Crippen LogP contribution in [0.4, 0.5) is 5.69 Å². The predicted molar refractivity (Wildman–Crippen MR) is 147 cm³/mol. The molecule has 0 aliphatic carbocycles. The van der Waals surface area contributed by atoms with Gasteiger partial charge in [-0.25, -0.2) is 9.88 Å². The number of para-hydroxylation sites is 2. The molecule has 0 radical (unpaired) electrons. The Labute approximate surface area is 229 Å². The van der Waals surface area contributed by atoms with E-state index >= 15 is 0 Å². The number of benzene rings is 3. The Morgan fingerprint density at radius 1 is 0.950 bits per heavy atom. The van der Waals surface area contributed by atoms with E-state index in [1.165, 1.54) is 11.8 Å². The van der Waals surface area contributed by atoms with Gasteiger partial charge >= 0.3 is 5.97 Å². The van der Waals surface area contributed by atoms with Crippen LogP contribution in [-0.2, 0) is 19.9 Å². The van der Waals surface area contributed by atoms with Gasteiger partial charge in [-0.15, -0.1) is 0 Å². The van der Waals surface area contributed by atoms with E-state index in [9.17, 15) is 19.2 Å². The second-order valence-corrected chi connectivity index (χ2v) is 10.9. The van der Waals surface area contributed by atoms with Crippen molar-refractivity contribution in [2.24, 2.45) is 17.8 Å². The highest BCUT2D eigenvalue weighted by Crippen LogP contribution is 2.56. The monoisotopic (exact) mass is 534 g/mol. The van der Waals surface area contributed by atoms with Crippen molar-refractivity contribution >= 4 is 34.4 Å². The zero-order valence-corrected chi connectivity index (χ0v) is 22.1. The van der Waals surface area contributed by atoms with Crippen molar-refractivity contribution in [2.45, 2.75) is 32.4 Å². The number of aromatic nitrogens is 2. The second kappa shape index (κ2) is 8.43. The van der Waals surface area contributed by atoms with Crippen LogP contribution in [0.5, 0.6) is 5.75 Å². The third kappa shape index (κ3) is 3.09. The van der Waals surface area contributed by atoms with Gasteiger partial charge in [0.1, 0.15) is 17.1 Å². The van der Waals surface area contributed by atoms with Crippen molar-refractivity contribution in [2.75, 3.05) is 4.90 Å². The normalized spacial score (nSPS) is 24.6. The maximum absolute atomic E-state index is 14.4. The lowest BCUT2D eigenvalue weighted by Crippen LogP contribution is -2.51. The third-order valence-corrected chi connectivity index (χ3v) is 8.37. The maximum atomic E-state index is 14.4. The molecule has 200 valence electrons. The molecule has 4 atom stereocenters. The zero-order chi connectivity index (χ0) is 27.9. The summed E-state index contributed by atoms with van der Waals surface area (Å²) in [6, 6.07) is 20.7. The smallest absolute Gasteiger partial charge is 0.308 e. The predicted octanol–water partition coefficient (Wildman–Crippen LogP) is 3.30. The molecule has 3 aliphatic rings. The number of carbonyl (C=O) groups excluding carboxylic acids is 3. The van der Waals surface area contributed by atoms with Gasteiger partial charge < -0.3 is 4.74 Å². The summed E-state index contributed by atoms with van der Waals surface area (Å²) < 4.78 is 6.73. The Morgan fingerprint density at radius 2 is 1.65 bits per heavy atom. The van der Waals surface area contributed by atoms with E-state index in [-0.39, 0.29) is 29.3 Å². The van der Waals surface area contributed by atoms with Gasteiger partial charge in [0, 0.05) is 18.5 Å². The molecule has 1 aromatic heterocycles. The Morgan fingerprint density at radius 3 is 2.38 bits per heavy atom. The average molecular weight is 535 g/mol. The highest BCUT2D eigenvalue weighted by atomic mass is 16.5. The molecular weight excluding hydrogens is 508 g/mol. The van der Waals surface area contributed by atoms with Gasteiger partial charge in [-0.2, -0.15) is 0 Å². The Hall–Kier alpha value is -4.63. The summed E-state index contributed by atoms with van der Waals surface area (Å²) in [5.41, 5.74) is 0.937. The van der Waals surface area contributed by atoms with Crippen LogP contribution in [0.15, 0.2) is 77.6 Å². The van der Waals surface area contributed by atoms with Crippen molar-refractivity contribution in [1.82, 2.24) is 14.9 Å². The van der Waals surface area contributed by atoms with Gasteiger partial charge in [0.15, 0.2) is 0 Å². The molecular formula is C31H26N4O5. The molecule has 3 aromatic carbocycles. The molecule has 1 N–H and O–H groups in total. The molecule has 0 unspecified atom stereocenters. The molecule has 0 bridgehead atoms. The maximum Gasteiger partial charge on any atom is 0.308 e. The first-order valence-electron chi connectivity index (χ1n) is 13.3. The molecule has 40 heavy (non-hydrogen) atoms. The molecule has 0 saturated carbocycles. The second-order valence-electron chi connectivity index (χ2n) is 10.9. The fourth-order valence-electron chi connectivity index (χ4n) is 6.81. The molecule has 7 rings (SSSR count). The SMILES string of the molecule is CC(=O)Oc1ccc(N2C(=O)[C@H]3[C@H](C(C)C)N[C@@]4(c5ccccc5-n5c4nc4ccccc4c5=O)[C@H]3C2=O)cc1. The minimum absolute atomic E-state index is 0.00306. The number of ether oxygens (including phenoxy) is 1. The van der Waals surface area contributed by atoms with Crippen LogP contribution in [0.2, 0.25) is 0 Å². The van der Waals surface area contributed by atoms with Crippen LogP contribution in [0, 0.1) is 17.8 Å². The number of esters is 1. The van der Waals surface area contributed by atoms with E-state index in [2.05, 4.69) is 5.32 Å². The van der Waals surface area contributed by atoms with Crippen LogP contribution in [0.25, 0.3) is 16.6 Å². The van der Waals surface area contributed by atoms with Crippen LogP contribution in [-0.4, -0.2) is 33.4 Å². The quantitative estimate of drug-likeness (QED) is 0.244. The van der Waals surface area contributed by atoms with Gasteiger partial charge in [-0.1, -0.05) is 44.2 Å². The van der Waals surface area contributed by atoms with E-state index in [0.29, 0.717) is 33.9 Å². The lowest BCUT2D eigenvalue weighted by Gasteiger charge is -2.32. The summed E-state index contributed by atoms with van der Waals surface area (Å²) in [6.07, 6.45) is 0. The average Bonchev–Trinajstić information content (AvgIpc) is 3.53. The molecule has 9 nitrogen and oxygen atoms in total. The van der Waals surface area contributed by atoms with Crippen LogP contribution in [0.3, 0.4) is 0 Å². The molecule has 9 heteroatoms. The minimum atomic E-state index is -1.18. The van der Waals surface area contributed by atoms with Gasteiger partial charge in [0.2, 0.25) is 11.8 Å². The number of hydrogen-bond acceptors (Lipinski definition) is 7. The zero-order valence-electron chi connectivity index (χ0n) is 22.1. The van der Waals surface area contributed by atoms with Crippen molar-refractivity contribution < 1.29 is 19.1 Å². The number of amides is 2. The lowest BCUT2D eigenvalue weighted by molar-refractivity contribution is -0.132. The van der Waals surface area contributed by atoms with Crippen molar-refractivity contribution in [3.8, 4) is 11.4 Å². The number of nitrogens with zero attached hydrogens (tertiary/aromatic N) is 3. The molecule has 3 aliphatic heterocycles. The van der Waals surface area contributed by atoms with Gasteiger partial charge in [-0.3, -0.25) is 29.1 Å². The molecule has 2 fully saturated rings.